The first-order valence-corrected chi connectivity index (χ1v) is 4.18. The van der Waals surface area contributed by atoms with E-state index < -0.39 is 22.4 Å². The maximum Gasteiger partial charge on any atom is 0.137 e. The van der Waals surface area contributed by atoms with E-state index in [-0.39, 0.29) is 6.61 Å². The van der Waals surface area contributed by atoms with Crippen LogP contribution in [0.15, 0.2) is 0 Å². The zero-order chi connectivity index (χ0) is 7.72. The topological polar surface area (TPSA) is 69.9 Å². The number of halogens is 1. The zero-order valence-corrected chi connectivity index (χ0v) is 7.30. The lowest BCUT2D eigenvalue weighted by Crippen LogP contribution is -2.32. The standard InChI is InChI=1S/C5H9IO4/c6-5-4(9)3(8)2(1-7)10-5/h2-5,7-9H,1H2. The molecule has 4 nitrogen and oxygen atoms in total. The Balaban J connectivity index is 2.53. The number of aliphatic hydroxyl groups excluding tert-OH is 3. The molecule has 0 amide bonds. The highest BCUT2D eigenvalue weighted by molar-refractivity contribution is 14.1. The summed E-state index contributed by atoms with van der Waals surface area (Å²) < 4.78 is 4.56. The maximum atomic E-state index is 9.09. The van der Waals surface area contributed by atoms with Gasteiger partial charge in [0.2, 0.25) is 0 Å². The summed E-state index contributed by atoms with van der Waals surface area (Å²) in [6, 6.07) is 0. The van der Waals surface area contributed by atoms with Gasteiger partial charge in [-0.25, -0.2) is 0 Å². The minimum Gasteiger partial charge on any atom is -0.394 e. The molecule has 1 aliphatic heterocycles. The molecule has 0 radical (unpaired) electrons. The highest BCUT2D eigenvalue weighted by atomic mass is 127. The minimum absolute atomic E-state index is 0.252. The van der Waals surface area contributed by atoms with Gasteiger partial charge in [0.05, 0.1) is 6.61 Å². The van der Waals surface area contributed by atoms with Crippen molar-refractivity contribution in [1.82, 2.24) is 0 Å². The van der Waals surface area contributed by atoms with Gasteiger partial charge in [0.15, 0.2) is 0 Å². The van der Waals surface area contributed by atoms with Crippen molar-refractivity contribution in [3.8, 4) is 0 Å². The largest absolute Gasteiger partial charge is 0.394 e. The van der Waals surface area contributed by atoms with E-state index >= 15 is 0 Å². The lowest BCUT2D eigenvalue weighted by Gasteiger charge is -2.09. The monoisotopic (exact) mass is 260 g/mol. The number of hydrogen-bond acceptors (Lipinski definition) is 4. The lowest BCUT2D eigenvalue weighted by molar-refractivity contribution is -0.00699. The number of rotatable bonds is 1. The lowest BCUT2D eigenvalue weighted by atomic mass is 10.2. The molecular formula is C5H9IO4. The van der Waals surface area contributed by atoms with Crippen LogP contribution in [0.3, 0.4) is 0 Å². The number of aliphatic hydroxyl groups is 3. The molecule has 5 heteroatoms. The summed E-state index contributed by atoms with van der Waals surface area (Å²) in [5.41, 5.74) is 0. The van der Waals surface area contributed by atoms with E-state index in [2.05, 4.69) is 0 Å². The fraction of sp³-hybridized carbons (Fsp3) is 1.00. The van der Waals surface area contributed by atoms with Gasteiger partial charge in [-0.15, -0.1) is 0 Å². The SMILES string of the molecule is OCC1OC(I)C(O)C1O. The maximum absolute atomic E-state index is 9.09. The van der Waals surface area contributed by atoms with Crippen LogP contribution < -0.4 is 0 Å². The molecule has 3 N–H and O–H groups in total. The van der Waals surface area contributed by atoms with Crippen molar-refractivity contribution < 1.29 is 20.1 Å². The summed E-state index contributed by atoms with van der Waals surface area (Å²) in [7, 11) is 0. The van der Waals surface area contributed by atoms with E-state index in [0.29, 0.717) is 0 Å². The quantitative estimate of drug-likeness (QED) is 0.412. The van der Waals surface area contributed by atoms with E-state index in [1.54, 1.807) is 0 Å². The average Bonchev–Trinajstić information content (AvgIpc) is 2.17. The van der Waals surface area contributed by atoms with Gasteiger partial charge in [0.1, 0.15) is 22.4 Å². The molecule has 60 valence electrons. The first-order chi connectivity index (χ1) is 4.66. The van der Waals surface area contributed by atoms with E-state index in [1.165, 1.54) is 0 Å². The molecule has 4 atom stereocenters. The Morgan fingerprint density at radius 3 is 2.10 bits per heavy atom. The van der Waals surface area contributed by atoms with Crippen molar-refractivity contribution >= 4 is 22.6 Å². The summed E-state index contributed by atoms with van der Waals surface area (Å²) in [6.45, 7) is -0.252. The molecule has 0 aromatic carbocycles. The van der Waals surface area contributed by atoms with Crippen LogP contribution in [0.5, 0.6) is 0 Å². The number of ether oxygens (including phenoxy) is 1. The molecular weight excluding hydrogens is 251 g/mol. The molecule has 0 aromatic heterocycles. The van der Waals surface area contributed by atoms with Crippen LogP contribution in [0, 0.1) is 0 Å². The third-order valence-electron chi connectivity index (χ3n) is 1.48. The summed E-state index contributed by atoms with van der Waals surface area (Å²) in [5.74, 6) is 0. The van der Waals surface area contributed by atoms with Crippen LogP contribution in [0.4, 0.5) is 0 Å². The molecule has 1 heterocycles. The van der Waals surface area contributed by atoms with Crippen molar-refractivity contribution in [2.75, 3.05) is 6.61 Å². The van der Waals surface area contributed by atoms with Crippen LogP contribution in [0.2, 0.25) is 0 Å². The zero-order valence-electron chi connectivity index (χ0n) is 5.14. The van der Waals surface area contributed by atoms with Gasteiger partial charge in [-0.1, -0.05) is 0 Å². The van der Waals surface area contributed by atoms with Gasteiger partial charge in [0, 0.05) is 0 Å². The molecule has 1 aliphatic rings. The van der Waals surface area contributed by atoms with E-state index in [9.17, 15) is 0 Å². The summed E-state index contributed by atoms with van der Waals surface area (Å²) in [4.78, 5) is 0. The van der Waals surface area contributed by atoms with Crippen LogP contribution in [-0.2, 0) is 4.74 Å². The second kappa shape index (κ2) is 3.31. The second-order valence-corrected chi connectivity index (χ2v) is 3.42. The van der Waals surface area contributed by atoms with Crippen molar-refractivity contribution in [2.45, 2.75) is 22.4 Å². The van der Waals surface area contributed by atoms with Gasteiger partial charge < -0.3 is 20.1 Å². The Morgan fingerprint density at radius 2 is 1.90 bits per heavy atom. The summed E-state index contributed by atoms with van der Waals surface area (Å²) in [5, 5.41) is 26.7. The van der Waals surface area contributed by atoms with Gasteiger partial charge in [-0.05, 0) is 22.6 Å². The van der Waals surface area contributed by atoms with Crippen LogP contribution in [0.25, 0.3) is 0 Å². The predicted molar refractivity (Wildman–Crippen MR) is 41.8 cm³/mol. The normalized spacial score (nSPS) is 48.0. The highest BCUT2D eigenvalue weighted by Gasteiger charge is 2.40. The van der Waals surface area contributed by atoms with Crippen LogP contribution in [0.1, 0.15) is 0 Å². The predicted octanol–water partition coefficient (Wildman–Crippen LogP) is -1.14. The average molecular weight is 260 g/mol. The summed E-state index contributed by atoms with van der Waals surface area (Å²) >= 11 is 1.87. The third kappa shape index (κ3) is 1.42. The molecule has 4 unspecified atom stereocenters. The van der Waals surface area contributed by atoms with Gasteiger partial charge in [0.25, 0.3) is 0 Å². The highest BCUT2D eigenvalue weighted by Crippen LogP contribution is 2.24. The molecule has 0 bridgehead atoms. The smallest absolute Gasteiger partial charge is 0.137 e. The Hall–Kier alpha value is 0.570. The number of hydrogen-bond donors (Lipinski definition) is 3. The van der Waals surface area contributed by atoms with Crippen LogP contribution in [-0.4, -0.2) is 44.3 Å². The van der Waals surface area contributed by atoms with Crippen molar-refractivity contribution in [3.63, 3.8) is 0 Å². The van der Waals surface area contributed by atoms with Gasteiger partial charge in [-0.3, -0.25) is 0 Å². The number of alkyl halides is 1. The summed E-state index contributed by atoms with van der Waals surface area (Å²) in [6.07, 6.45) is -2.46. The molecule has 0 spiro atoms. The Morgan fingerprint density at radius 1 is 1.30 bits per heavy atom. The first kappa shape index (κ1) is 8.66. The fourth-order valence-corrected chi connectivity index (χ4v) is 1.66. The minimum atomic E-state index is -0.952. The molecule has 0 aliphatic carbocycles. The van der Waals surface area contributed by atoms with E-state index in [1.807, 2.05) is 22.6 Å². The van der Waals surface area contributed by atoms with Crippen LogP contribution >= 0.6 is 22.6 Å². The molecule has 1 rings (SSSR count). The van der Waals surface area contributed by atoms with Crippen molar-refractivity contribution in [1.29, 1.82) is 0 Å². The molecule has 1 fully saturated rings. The van der Waals surface area contributed by atoms with Gasteiger partial charge >= 0.3 is 0 Å². The first-order valence-electron chi connectivity index (χ1n) is 2.93. The fourth-order valence-electron chi connectivity index (χ4n) is 0.854. The molecule has 10 heavy (non-hydrogen) atoms. The Bertz CT molecular complexity index is 120. The van der Waals surface area contributed by atoms with E-state index in [4.69, 9.17) is 20.1 Å². The molecule has 0 saturated carbocycles. The molecule has 0 aromatic rings. The Kier molecular flexibility index (Phi) is 2.87. The van der Waals surface area contributed by atoms with Gasteiger partial charge in [-0.2, -0.15) is 0 Å². The Labute approximate surface area is 72.0 Å². The van der Waals surface area contributed by atoms with Crippen molar-refractivity contribution in [2.24, 2.45) is 0 Å². The van der Waals surface area contributed by atoms with E-state index in [0.717, 1.165) is 0 Å². The third-order valence-corrected chi connectivity index (χ3v) is 2.51. The van der Waals surface area contributed by atoms with Crippen molar-refractivity contribution in [3.05, 3.63) is 0 Å². The molecule has 1 saturated heterocycles. The second-order valence-electron chi connectivity index (χ2n) is 2.19.